The van der Waals surface area contributed by atoms with Gasteiger partial charge in [-0.15, -0.1) is 0 Å². The molecule has 3 fully saturated rings. The zero-order valence-electron chi connectivity index (χ0n) is 29.6. The third kappa shape index (κ3) is 6.93. The van der Waals surface area contributed by atoms with E-state index < -0.39 is 11.2 Å². The smallest absolute Gasteiger partial charge is 0.269 e. The van der Waals surface area contributed by atoms with E-state index in [2.05, 4.69) is 50.6 Å². The number of para-hydroxylation sites is 1. The van der Waals surface area contributed by atoms with Gasteiger partial charge in [-0.25, -0.2) is 4.98 Å². The number of likely N-dealkylation sites (tertiary alicyclic amines) is 1. The lowest BCUT2D eigenvalue weighted by molar-refractivity contribution is -0.121. The van der Waals surface area contributed by atoms with Crippen LogP contribution in [0, 0.1) is 5.92 Å². The van der Waals surface area contributed by atoms with E-state index in [1.807, 2.05) is 23.2 Å². The molecular formula is C37H44B2N10O3. The number of allylic oxidation sites excluding steroid dienone is 1. The zero-order valence-corrected chi connectivity index (χ0v) is 29.6. The second-order valence-corrected chi connectivity index (χ2v) is 14.3. The van der Waals surface area contributed by atoms with E-state index in [-0.39, 0.29) is 47.2 Å². The molecule has 2 aliphatic heterocycles. The van der Waals surface area contributed by atoms with Crippen LogP contribution in [0.3, 0.4) is 0 Å². The summed E-state index contributed by atoms with van der Waals surface area (Å²) in [6, 6.07) is 11.3. The molecule has 1 aromatic carbocycles. The van der Waals surface area contributed by atoms with Gasteiger partial charge in [0.1, 0.15) is 17.2 Å². The van der Waals surface area contributed by atoms with Gasteiger partial charge in [0, 0.05) is 41.9 Å². The van der Waals surface area contributed by atoms with Gasteiger partial charge in [-0.3, -0.25) is 19.1 Å². The summed E-state index contributed by atoms with van der Waals surface area (Å²) < 4.78 is 2.16. The van der Waals surface area contributed by atoms with Gasteiger partial charge in [-0.05, 0) is 81.6 Å². The molecule has 0 bridgehead atoms. The Hall–Kier alpha value is -5.04. The van der Waals surface area contributed by atoms with Crippen molar-refractivity contribution >= 4 is 45.2 Å². The van der Waals surface area contributed by atoms with Gasteiger partial charge in [-0.2, -0.15) is 5.10 Å². The van der Waals surface area contributed by atoms with Crippen molar-refractivity contribution in [3.63, 3.8) is 0 Å². The maximum absolute atomic E-state index is 13.1. The van der Waals surface area contributed by atoms with Crippen LogP contribution < -0.4 is 32.3 Å². The van der Waals surface area contributed by atoms with E-state index in [0.717, 1.165) is 73.1 Å². The van der Waals surface area contributed by atoms with Gasteiger partial charge in [0.2, 0.25) is 5.91 Å². The molecule has 15 heteroatoms. The molecule has 0 spiro atoms. The van der Waals surface area contributed by atoms with Gasteiger partial charge in [-0.1, -0.05) is 25.1 Å². The average molecular weight is 698 g/mol. The summed E-state index contributed by atoms with van der Waals surface area (Å²) in [6.45, 7) is 3.40. The minimum Gasteiger partial charge on any atom is -0.393 e. The lowest BCUT2D eigenvalue weighted by Crippen LogP contribution is -2.51. The van der Waals surface area contributed by atoms with E-state index >= 15 is 0 Å². The first kappa shape index (κ1) is 35.4. The van der Waals surface area contributed by atoms with E-state index in [1.54, 1.807) is 18.2 Å². The predicted octanol–water partition coefficient (Wildman–Crippen LogP) is 2.63. The number of nitrogens with one attached hydrogen (secondary N) is 3. The third-order valence-corrected chi connectivity index (χ3v) is 10.6. The van der Waals surface area contributed by atoms with Crippen LogP contribution in [0.25, 0.3) is 11.1 Å². The summed E-state index contributed by atoms with van der Waals surface area (Å²) >= 11 is 0. The Balaban J connectivity index is 1.17. The number of amides is 2. The second-order valence-electron chi connectivity index (χ2n) is 14.3. The Morgan fingerprint density at radius 1 is 1.02 bits per heavy atom. The van der Waals surface area contributed by atoms with Crippen LogP contribution in [0.4, 0.5) is 11.4 Å². The Morgan fingerprint density at radius 3 is 2.42 bits per heavy atom. The number of carbonyl (C=O) groups is 3. The number of nitrogens with two attached hydrogens (primary N) is 2. The minimum absolute atomic E-state index is 0.00856. The molecule has 4 heterocycles. The van der Waals surface area contributed by atoms with Crippen molar-refractivity contribution < 1.29 is 14.4 Å². The van der Waals surface area contributed by atoms with Crippen LogP contribution in [0.1, 0.15) is 85.8 Å². The molecule has 2 amide bonds. The highest BCUT2D eigenvalue weighted by molar-refractivity contribution is 6.39. The van der Waals surface area contributed by atoms with E-state index in [0.29, 0.717) is 30.8 Å². The molecule has 2 saturated carbocycles. The Kier molecular flexibility index (Phi) is 9.64. The van der Waals surface area contributed by atoms with Crippen molar-refractivity contribution in [2.45, 2.75) is 75.3 Å². The number of pyridine rings is 1. The first-order valence-corrected chi connectivity index (χ1v) is 18.0. The molecule has 1 saturated heterocycles. The number of hydrogen-bond donors (Lipinski definition) is 5. The second kappa shape index (κ2) is 14.2. The SMILES string of the molecule is [B]C([B])(c1cccc(C=O)n1)N1CCC(n2ncc3c2C(CC)N(C)c2c(NC(/C=C(\N)NC(=O)C4CC4)=C(/N)C(=O)NC4CC4)cccc2-3)CC1. The summed E-state index contributed by atoms with van der Waals surface area (Å²) in [4.78, 5) is 45.6. The van der Waals surface area contributed by atoms with Crippen LogP contribution >= 0.6 is 0 Å². The Labute approximate surface area is 306 Å². The highest BCUT2D eigenvalue weighted by Gasteiger charge is 2.38. The highest BCUT2D eigenvalue weighted by Crippen LogP contribution is 2.50. The first-order chi connectivity index (χ1) is 25.0. The number of aromatic nitrogens is 3. The number of fused-ring (bicyclic) bond motifs is 3. The van der Waals surface area contributed by atoms with Gasteiger partial charge in [0.15, 0.2) is 6.29 Å². The lowest BCUT2D eigenvalue weighted by atomic mass is 9.58. The Morgan fingerprint density at radius 2 is 1.75 bits per heavy atom. The number of hydrogen-bond acceptors (Lipinski definition) is 10. The van der Waals surface area contributed by atoms with Gasteiger partial charge in [0.25, 0.3) is 5.91 Å². The predicted molar refractivity (Wildman–Crippen MR) is 201 cm³/mol. The molecule has 52 heavy (non-hydrogen) atoms. The number of benzene rings is 1. The molecule has 4 aliphatic rings. The van der Waals surface area contributed by atoms with Crippen LogP contribution in [-0.2, 0) is 14.9 Å². The molecule has 13 nitrogen and oxygen atoms in total. The summed E-state index contributed by atoms with van der Waals surface area (Å²) in [5.74, 6) is -0.466. The quantitative estimate of drug-likeness (QED) is 0.0819. The zero-order chi connectivity index (χ0) is 36.7. The summed E-state index contributed by atoms with van der Waals surface area (Å²) in [5, 5.41) is 12.8. The number of nitrogens with zero attached hydrogens (tertiary/aromatic N) is 5. The molecule has 7 rings (SSSR count). The van der Waals surface area contributed by atoms with Gasteiger partial charge in [0.05, 0.1) is 56.7 Å². The van der Waals surface area contributed by atoms with E-state index in [4.69, 9.17) is 32.3 Å². The molecule has 2 aromatic heterocycles. The third-order valence-electron chi connectivity index (χ3n) is 10.6. The molecule has 7 N–H and O–H groups in total. The van der Waals surface area contributed by atoms with Crippen LogP contribution in [-0.4, -0.2) is 79.6 Å². The van der Waals surface area contributed by atoms with Crippen molar-refractivity contribution in [1.82, 2.24) is 30.3 Å². The van der Waals surface area contributed by atoms with Crippen LogP contribution in [0.15, 0.2) is 65.9 Å². The first-order valence-electron chi connectivity index (χ1n) is 18.0. The standard InChI is InChI=1S/C37H44B2N10O3/c1-3-29-34-26(19-42-49(34)24-14-16-48(17-15-24)37(38,39)30-9-4-6-23(20-50)43-30)25-7-5-8-27(33(25)47(29)2)45-28(32(41)36(52)44-22-12-13-22)18-31(40)46-35(51)21-10-11-21/h4-9,18-22,24,29,45H,3,10-17,40-41H2,1-2H3,(H,44,52)(H,46,51)/b31-18+,32-28+. The van der Waals surface area contributed by atoms with Gasteiger partial charge < -0.3 is 37.2 Å². The highest BCUT2D eigenvalue weighted by atomic mass is 16.2. The molecule has 2 aliphatic carbocycles. The molecular weight excluding hydrogens is 654 g/mol. The van der Waals surface area contributed by atoms with Gasteiger partial charge >= 0.3 is 0 Å². The van der Waals surface area contributed by atoms with Crippen LogP contribution in [0.5, 0.6) is 0 Å². The molecule has 1 atom stereocenters. The topological polar surface area (TPSA) is 177 Å². The fourth-order valence-corrected chi connectivity index (χ4v) is 7.35. The van der Waals surface area contributed by atoms with Crippen LogP contribution in [0.2, 0.25) is 0 Å². The average Bonchev–Trinajstić information content (AvgIpc) is 4.09. The molecule has 1 unspecified atom stereocenters. The number of anilines is 2. The largest absolute Gasteiger partial charge is 0.393 e. The number of carbonyl (C=O) groups excluding carboxylic acids is 3. The summed E-state index contributed by atoms with van der Waals surface area (Å²) in [6.07, 6.45) is 9.99. The molecule has 3 aromatic rings. The number of aldehydes is 1. The molecule has 4 radical (unpaired) electrons. The Bertz CT molecular complexity index is 1940. The van der Waals surface area contributed by atoms with E-state index in [1.165, 1.54) is 6.08 Å². The van der Waals surface area contributed by atoms with Crippen molar-refractivity contribution in [2.24, 2.45) is 17.4 Å². The van der Waals surface area contributed by atoms with Crippen molar-refractivity contribution in [3.05, 3.63) is 83.0 Å². The van der Waals surface area contributed by atoms with Crippen molar-refractivity contribution in [3.8, 4) is 11.1 Å². The summed E-state index contributed by atoms with van der Waals surface area (Å²) in [5.41, 5.74) is 18.6. The number of piperidine rings is 1. The lowest BCUT2D eigenvalue weighted by Gasteiger charge is -2.44. The van der Waals surface area contributed by atoms with Crippen molar-refractivity contribution in [2.75, 3.05) is 30.4 Å². The maximum atomic E-state index is 13.1. The summed E-state index contributed by atoms with van der Waals surface area (Å²) in [7, 11) is 15.3. The normalized spacial score (nSPS) is 20.0. The monoisotopic (exact) mass is 698 g/mol. The van der Waals surface area contributed by atoms with Crippen molar-refractivity contribution in [1.29, 1.82) is 0 Å². The fourth-order valence-electron chi connectivity index (χ4n) is 7.35. The minimum atomic E-state index is -1.32. The fraction of sp³-hybridized carbons (Fsp3) is 0.432. The molecule has 266 valence electrons. The number of rotatable bonds is 12. The van der Waals surface area contributed by atoms with E-state index in [9.17, 15) is 14.4 Å². The maximum Gasteiger partial charge on any atom is 0.269 e.